The van der Waals surface area contributed by atoms with Crippen LogP contribution in [-0.4, -0.2) is 24.1 Å². The second-order valence-corrected chi connectivity index (χ2v) is 2.43. The van der Waals surface area contributed by atoms with E-state index in [1.54, 1.807) is 6.92 Å². The summed E-state index contributed by atoms with van der Waals surface area (Å²) in [5.74, 6) is -0.997. The highest BCUT2D eigenvalue weighted by molar-refractivity contribution is 5.99. The Labute approximate surface area is 70.9 Å². The minimum Gasteiger partial charge on any atom is -0.458 e. The van der Waals surface area contributed by atoms with E-state index in [9.17, 15) is 14.4 Å². The number of carbonyl (C=O) groups is 3. The van der Waals surface area contributed by atoms with Gasteiger partial charge < -0.3 is 4.74 Å². The van der Waals surface area contributed by atoms with Crippen molar-refractivity contribution in [2.75, 3.05) is 6.61 Å². The molecule has 0 saturated carbocycles. The first-order chi connectivity index (χ1) is 5.56. The molecule has 0 fully saturated rings. The van der Waals surface area contributed by atoms with Crippen LogP contribution in [-0.2, 0) is 19.1 Å². The summed E-state index contributed by atoms with van der Waals surface area (Å²) < 4.78 is 4.51. The van der Waals surface area contributed by atoms with Gasteiger partial charge in [-0.3, -0.25) is 14.4 Å². The Morgan fingerprint density at radius 1 is 1.25 bits per heavy atom. The van der Waals surface area contributed by atoms with E-state index in [1.165, 1.54) is 6.92 Å². The van der Waals surface area contributed by atoms with E-state index in [2.05, 4.69) is 4.74 Å². The predicted octanol–water partition coefficient (Wildman–Crippen LogP) is 0.488. The van der Waals surface area contributed by atoms with Crippen LogP contribution >= 0.6 is 0 Å². The molecule has 0 heterocycles. The Bertz CT molecular complexity index is 195. The summed E-state index contributed by atoms with van der Waals surface area (Å²) in [7, 11) is 0. The van der Waals surface area contributed by atoms with Gasteiger partial charge in [0, 0.05) is 6.42 Å². The van der Waals surface area contributed by atoms with Crippen molar-refractivity contribution in [3.63, 3.8) is 0 Å². The zero-order valence-corrected chi connectivity index (χ0v) is 7.25. The summed E-state index contributed by atoms with van der Waals surface area (Å²) in [4.78, 5) is 31.7. The SMILES string of the molecule is CCC(=O)OCC(=O)CC(C)=O. The topological polar surface area (TPSA) is 60.4 Å². The molecule has 68 valence electrons. The molecule has 0 spiro atoms. The summed E-state index contributed by atoms with van der Waals surface area (Å²) in [5, 5.41) is 0. The number of esters is 1. The first-order valence-corrected chi connectivity index (χ1v) is 3.73. The van der Waals surface area contributed by atoms with Gasteiger partial charge in [0.1, 0.15) is 12.4 Å². The average Bonchev–Trinajstić information content (AvgIpc) is 1.99. The minimum atomic E-state index is -0.424. The standard InChI is InChI=1S/C8H12O4/c1-3-8(11)12-5-7(10)4-6(2)9/h3-5H2,1-2H3. The zero-order chi connectivity index (χ0) is 9.56. The van der Waals surface area contributed by atoms with Crippen LogP contribution in [0, 0.1) is 0 Å². The lowest BCUT2D eigenvalue weighted by molar-refractivity contribution is -0.148. The van der Waals surface area contributed by atoms with Crippen molar-refractivity contribution in [2.45, 2.75) is 26.7 Å². The molecule has 4 heteroatoms. The van der Waals surface area contributed by atoms with Crippen LogP contribution in [0.15, 0.2) is 0 Å². The smallest absolute Gasteiger partial charge is 0.305 e. The van der Waals surface area contributed by atoms with Gasteiger partial charge in [-0.2, -0.15) is 0 Å². The summed E-state index contributed by atoms with van der Waals surface area (Å²) in [6.07, 6.45) is 0.0876. The number of Topliss-reactive ketones (excluding diaryl/α,β-unsaturated/α-hetero) is 2. The van der Waals surface area contributed by atoms with Crippen LogP contribution in [0.2, 0.25) is 0 Å². The van der Waals surface area contributed by atoms with Crippen LogP contribution in [0.4, 0.5) is 0 Å². The van der Waals surface area contributed by atoms with Crippen molar-refractivity contribution in [1.29, 1.82) is 0 Å². The van der Waals surface area contributed by atoms with Gasteiger partial charge >= 0.3 is 5.97 Å². The molecule has 0 N–H and O–H groups in total. The average molecular weight is 172 g/mol. The zero-order valence-electron chi connectivity index (χ0n) is 7.25. The Morgan fingerprint density at radius 2 is 1.83 bits per heavy atom. The fourth-order valence-corrected chi connectivity index (χ4v) is 0.592. The molecule has 0 aromatic carbocycles. The van der Waals surface area contributed by atoms with Crippen molar-refractivity contribution in [2.24, 2.45) is 0 Å². The van der Waals surface area contributed by atoms with Gasteiger partial charge in [-0.1, -0.05) is 6.92 Å². The largest absolute Gasteiger partial charge is 0.458 e. The Balaban J connectivity index is 3.57. The maximum absolute atomic E-state index is 10.8. The molecule has 4 nitrogen and oxygen atoms in total. The molecule has 0 aliphatic carbocycles. The Hall–Kier alpha value is -1.19. The van der Waals surface area contributed by atoms with Crippen LogP contribution in [0.1, 0.15) is 26.7 Å². The molecule has 0 bridgehead atoms. The molecule has 0 aromatic heterocycles. The van der Waals surface area contributed by atoms with Crippen LogP contribution in [0.5, 0.6) is 0 Å². The molecule has 12 heavy (non-hydrogen) atoms. The second kappa shape index (κ2) is 5.46. The first-order valence-electron chi connectivity index (χ1n) is 3.73. The molecular formula is C8H12O4. The fraction of sp³-hybridized carbons (Fsp3) is 0.625. The second-order valence-electron chi connectivity index (χ2n) is 2.43. The van der Waals surface area contributed by atoms with Gasteiger partial charge in [-0.25, -0.2) is 0 Å². The third-order valence-corrected chi connectivity index (χ3v) is 1.13. The lowest BCUT2D eigenvalue weighted by atomic mass is 10.2. The quantitative estimate of drug-likeness (QED) is 0.447. The number of rotatable bonds is 5. The van der Waals surface area contributed by atoms with Gasteiger partial charge in [-0.15, -0.1) is 0 Å². The van der Waals surface area contributed by atoms with Crippen LogP contribution in [0.3, 0.4) is 0 Å². The lowest BCUT2D eigenvalue weighted by Crippen LogP contribution is -2.15. The predicted molar refractivity (Wildman–Crippen MR) is 41.6 cm³/mol. The highest BCUT2D eigenvalue weighted by Gasteiger charge is 2.07. The maximum Gasteiger partial charge on any atom is 0.305 e. The minimum absolute atomic E-state index is 0.156. The van der Waals surface area contributed by atoms with E-state index >= 15 is 0 Å². The number of ketones is 2. The Morgan fingerprint density at radius 3 is 2.25 bits per heavy atom. The summed E-state index contributed by atoms with van der Waals surface area (Å²) in [6, 6.07) is 0. The molecular weight excluding hydrogens is 160 g/mol. The number of hydrogen-bond donors (Lipinski definition) is 0. The van der Waals surface area contributed by atoms with E-state index in [0.717, 1.165) is 0 Å². The van der Waals surface area contributed by atoms with E-state index in [4.69, 9.17) is 0 Å². The van der Waals surface area contributed by atoms with E-state index in [0.29, 0.717) is 0 Å². The maximum atomic E-state index is 10.8. The normalized spacial score (nSPS) is 9.17. The molecule has 0 radical (unpaired) electrons. The number of carbonyl (C=O) groups excluding carboxylic acids is 3. The van der Waals surface area contributed by atoms with Crippen molar-refractivity contribution < 1.29 is 19.1 Å². The third kappa shape index (κ3) is 5.58. The van der Waals surface area contributed by atoms with Gasteiger partial charge in [0.25, 0.3) is 0 Å². The van der Waals surface area contributed by atoms with E-state index in [1.807, 2.05) is 0 Å². The van der Waals surface area contributed by atoms with E-state index < -0.39 is 5.97 Å². The third-order valence-electron chi connectivity index (χ3n) is 1.13. The fourth-order valence-electron chi connectivity index (χ4n) is 0.592. The van der Waals surface area contributed by atoms with Crippen LogP contribution < -0.4 is 0 Å². The monoisotopic (exact) mass is 172 g/mol. The van der Waals surface area contributed by atoms with Gasteiger partial charge in [0.15, 0.2) is 5.78 Å². The lowest BCUT2D eigenvalue weighted by Gasteiger charge is -1.99. The van der Waals surface area contributed by atoms with Crippen molar-refractivity contribution >= 4 is 17.5 Å². The Kier molecular flexibility index (Phi) is 4.92. The summed E-state index contributed by atoms with van der Waals surface area (Å²) >= 11 is 0. The van der Waals surface area contributed by atoms with Crippen molar-refractivity contribution in [3.05, 3.63) is 0 Å². The van der Waals surface area contributed by atoms with E-state index in [-0.39, 0.29) is 31.0 Å². The molecule has 0 aliphatic heterocycles. The molecule has 0 atom stereocenters. The first kappa shape index (κ1) is 10.8. The molecule has 0 amide bonds. The number of ether oxygens (including phenoxy) is 1. The highest BCUT2D eigenvalue weighted by atomic mass is 16.5. The van der Waals surface area contributed by atoms with Crippen molar-refractivity contribution in [1.82, 2.24) is 0 Å². The molecule has 0 saturated heterocycles. The molecule has 0 unspecified atom stereocenters. The summed E-state index contributed by atoms with van der Waals surface area (Å²) in [6.45, 7) is 2.67. The summed E-state index contributed by atoms with van der Waals surface area (Å²) in [5.41, 5.74) is 0. The van der Waals surface area contributed by atoms with Crippen molar-refractivity contribution in [3.8, 4) is 0 Å². The van der Waals surface area contributed by atoms with Gasteiger partial charge in [0.2, 0.25) is 0 Å². The van der Waals surface area contributed by atoms with Gasteiger partial charge in [0.05, 0.1) is 6.42 Å². The molecule has 0 aliphatic rings. The molecule has 0 rings (SSSR count). The highest BCUT2D eigenvalue weighted by Crippen LogP contribution is 1.89. The van der Waals surface area contributed by atoms with Crippen LogP contribution in [0.25, 0.3) is 0 Å². The number of hydrogen-bond acceptors (Lipinski definition) is 4. The van der Waals surface area contributed by atoms with Gasteiger partial charge in [-0.05, 0) is 6.92 Å². The molecule has 0 aromatic rings.